The molecule has 0 aromatic rings. The van der Waals surface area contributed by atoms with E-state index in [4.69, 9.17) is 0 Å². The van der Waals surface area contributed by atoms with Crippen LogP contribution in [0.1, 0.15) is 19.3 Å². The molecule has 2 nitrogen and oxygen atoms in total. The minimum atomic E-state index is 0.984. The Morgan fingerprint density at radius 2 is 1.45 bits per heavy atom. The van der Waals surface area contributed by atoms with Gasteiger partial charge in [-0.25, -0.2) is 0 Å². The highest BCUT2D eigenvalue weighted by Gasteiger charge is 2.27. The third-order valence-electron chi connectivity index (χ3n) is 2.48. The Balaban J connectivity index is 2.09. The summed E-state index contributed by atoms with van der Waals surface area (Å²) in [5.74, 6) is 0. The lowest BCUT2D eigenvalue weighted by Crippen LogP contribution is -1.84. The lowest BCUT2D eigenvalue weighted by Gasteiger charge is -1.96. The SMILES string of the molecule is C1=NC2=C(C1)C1=C(C2)N=CC1. The molecule has 0 bridgehead atoms. The predicted molar refractivity (Wildman–Crippen MR) is 44.9 cm³/mol. The van der Waals surface area contributed by atoms with Crippen LogP contribution in [0.3, 0.4) is 0 Å². The first-order valence-electron chi connectivity index (χ1n) is 3.94. The molecule has 0 fully saturated rings. The number of hydrogen-bond acceptors (Lipinski definition) is 2. The van der Waals surface area contributed by atoms with E-state index in [1.807, 2.05) is 12.4 Å². The molecule has 0 aromatic carbocycles. The molecule has 54 valence electrons. The van der Waals surface area contributed by atoms with Crippen LogP contribution in [0.5, 0.6) is 0 Å². The van der Waals surface area contributed by atoms with Gasteiger partial charge in [0, 0.05) is 43.1 Å². The second-order valence-corrected chi connectivity index (χ2v) is 3.06. The Morgan fingerprint density at radius 1 is 0.909 bits per heavy atom. The summed E-state index contributed by atoms with van der Waals surface area (Å²) in [6, 6.07) is 0. The van der Waals surface area contributed by atoms with E-state index in [2.05, 4.69) is 9.98 Å². The molecule has 0 aromatic heterocycles. The van der Waals surface area contributed by atoms with E-state index in [0.717, 1.165) is 19.3 Å². The number of allylic oxidation sites excluding steroid dienone is 2. The number of nitrogens with zero attached hydrogens (tertiary/aromatic N) is 2. The Morgan fingerprint density at radius 3 is 2.00 bits per heavy atom. The smallest absolute Gasteiger partial charge is 0.0498 e. The fourth-order valence-corrected chi connectivity index (χ4v) is 1.94. The van der Waals surface area contributed by atoms with Crippen LogP contribution in [-0.2, 0) is 0 Å². The Bertz CT molecular complexity index is 309. The van der Waals surface area contributed by atoms with Gasteiger partial charge < -0.3 is 0 Å². The molecule has 0 saturated carbocycles. The van der Waals surface area contributed by atoms with Gasteiger partial charge in [-0.05, 0) is 11.1 Å². The molecule has 2 aliphatic heterocycles. The summed E-state index contributed by atoms with van der Waals surface area (Å²) in [4.78, 5) is 8.64. The Kier molecular flexibility index (Phi) is 0.844. The number of aliphatic imine (C=N–C) groups is 2. The van der Waals surface area contributed by atoms with Gasteiger partial charge in [0.15, 0.2) is 0 Å². The molecule has 0 radical (unpaired) electrons. The zero-order chi connectivity index (χ0) is 7.26. The molecule has 2 heteroatoms. The van der Waals surface area contributed by atoms with Crippen LogP contribution in [-0.4, -0.2) is 12.4 Å². The van der Waals surface area contributed by atoms with E-state index in [9.17, 15) is 0 Å². The normalized spacial score (nSPS) is 25.5. The molecule has 11 heavy (non-hydrogen) atoms. The summed E-state index contributed by atoms with van der Waals surface area (Å²) in [5, 5.41) is 0. The van der Waals surface area contributed by atoms with Crippen LogP contribution in [0.2, 0.25) is 0 Å². The molecule has 3 rings (SSSR count). The van der Waals surface area contributed by atoms with Crippen LogP contribution in [0.25, 0.3) is 0 Å². The maximum atomic E-state index is 4.32. The van der Waals surface area contributed by atoms with Gasteiger partial charge in [0.05, 0.1) is 0 Å². The third kappa shape index (κ3) is 0.570. The number of rotatable bonds is 0. The highest BCUT2D eigenvalue weighted by molar-refractivity contribution is 5.79. The minimum Gasteiger partial charge on any atom is -0.265 e. The molecular formula is C9H8N2. The van der Waals surface area contributed by atoms with Crippen LogP contribution in [0.15, 0.2) is 32.5 Å². The van der Waals surface area contributed by atoms with Crippen LogP contribution < -0.4 is 0 Å². The van der Waals surface area contributed by atoms with E-state index in [0.29, 0.717) is 0 Å². The Labute approximate surface area is 65.1 Å². The van der Waals surface area contributed by atoms with Crippen molar-refractivity contribution in [3.63, 3.8) is 0 Å². The van der Waals surface area contributed by atoms with Crippen molar-refractivity contribution in [1.29, 1.82) is 0 Å². The van der Waals surface area contributed by atoms with Crippen molar-refractivity contribution in [3.8, 4) is 0 Å². The first-order valence-corrected chi connectivity index (χ1v) is 3.94. The fraction of sp³-hybridized carbons (Fsp3) is 0.333. The van der Waals surface area contributed by atoms with Crippen molar-refractivity contribution in [3.05, 3.63) is 22.5 Å². The predicted octanol–water partition coefficient (Wildman–Crippen LogP) is 1.85. The van der Waals surface area contributed by atoms with E-state index in [-0.39, 0.29) is 0 Å². The van der Waals surface area contributed by atoms with Crippen molar-refractivity contribution in [2.24, 2.45) is 9.98 Å². The molecule has 0 N–H and O–H groups in total. The van der Waals surface area contributed by atoms with Crippen molar-refractivity contribution in [2.45, 2.75) is 19.3 Å². The molecule has 3 aliphatic rings. The molecule has 1 aliphatic carbocycles. The van der Waals surface area contributed by atoms with Gasteiger partial charge in [-0.1, -0.05) is 0 Å². The van der Waals surface area contributed by atoms with Gasteiger partial charge >= 0.3 is 0 Å². The van der Waals surface area contributed by atoms with Gasteiger partial charge in [0.25, 0.3) is 0 Å². The van der Waals surface area contributed by atoms with Crippen molar-refractivity contribution >= 4 is 12.4 Å². The highest BCUT2D eigenvalue weighted by atomic mass is 14.8. The van der Waals surface area contributed by atoms with E-state index >= 15 is 0 Å². The van der Waals surface area contributed by atoms with Crippen molar-refractivity contribution < 1.29 is 0 Å². The maximum Gasteiger partial charge on any atom is 0.0498 e. The third-order valence-corrected chi connectivity index (χ3v) is 2.48. The quantitative estimate of drug-likeness (QED) is 0.495. The summed E-state index contributed by atoms with van der Waals surface area (Å²) in [6.07, 6.45) is 7.08. The van der Waals surface area contributed by atoms with Crippen molar-refractivity contribution in [1.82, 2.24) is 0 Å². The Hall–Kier alpha value is -1.18. The van der Waals surface area contributed by atoms with Crippen LogP contribution in [0, 0.1) is 0 Å². The molecular weight excluding hydrogens is 136 g/mol. The highest BCUT2D eigenvalue weighted by Crippen LogP contribution is 2.41. The largest absolute Gasteiger partial charge is 0.265 e. The first kappa shape index (κ1) is 5.47. The topological polar surface area (TPSA) is 24.7 Å². The van der Waals surface area contributed by atoms with E-state index in [1.165, 1.54) is 22.5 Å². The van der Waals surface area contributed by atoms with Gasteiger partial charge in [-0.15, -0.1) is 0 Å². The van der Waals surface area contributed by atoms with Crippen molar-refractivity contribution in [2.75, 3.05) is 0 Å². The minimum absolute atomic E-state index is 0.984. The molecule has 0 unspecified atom stereocenters. The zero-order valence-corrected chi connectivity index (χ0v) is 6.17. The summed E-state index contributed by atoms with van der Waals surface area (Å²) in [6.45, 7) is 0. The van der Waals surface area contributed by atoms with Gasteiger partial charge in [-0.2, -0.15) is 0 Å². The average Bonchev–Trinajstić information content (AvgIpc) is 2.52. The summed E-state index contributed by atoms with van der Waals surface area (Å²) in [7, 11) is 0. The second-order valence-electron chi connectivity index (χ2n) is 3.06. The van der Waals surface area contributed by atoms with Crippen LogP contribution >= 0.6 is 0 Å². The lowest BCUT2D eigenvalue weighted by molar-refractivity contribution is 1.10. The molecule has 0 saturated heterocycles. The maximum absolute atomic E-state index is 4.32. The molecule has 0 spiro atoms. The monoisotopic (exact) mass is 144 g/mol. The molecule has 0 amide bonds. The molecule has 0 atom stereocenters. The zero-order valence-electron chi connectivity index (χ0n) is 6.17. The van der Waals surface area contributed by atoms with Gasteiger partial charge in [-0.3, -0.25) is 9.98 Å². The summed E-state index contributed by atoms with van der Waals surface area (Å²) >= 11 is 0. The standard InChI is InChI=1S/C9H8N2/c1-3-10-8-5-9-7(6(1)8)2-4-11-9/h3-4H,1-2,5H2. The summed E-state index contributed by atoms with van der Waals surface area (Å²) < 4.78 is 0. The number of hydrogen-bond donors (Lipinski definition) is 0. The second kappa shape index (κ2) is 1.70. The van der Waals surface area contributed by atoms with Gasteiger partial charge in [0.2, 0.25) is 0 Å². The lowest BCUT2D eigenvalue weighted by atomic mass is 10.1. The average molecular weight is 144 g/mol. The van der Waals surface area contributed by atoms with Crippen LogP contribution in [0.4, 0.5) is 0 Å². The first-order chi connectivity index (χ1) is 5.45. The molecule has 2 heterocycles. The fourth-order valence-electron chi connectivity index (χ4n) is 1.94. The summed E-state index contributed by atoms with van der Waals surface area (Å²) in [5.41, 5.74) is 5.45. The van der Waals surface area contributed by atoms with E-state index < -0.39 is 0 Å². The van der Waals surface area contributed by atoms with Gasteiger partial charge in [0.1, 0.15) is 0 Å². The van der Waals surface area contributed by atoms with E-state index in [1.54, 1.807) is 0 Å². The number of fused-ring (bicyclic) bond motifs is 1.